The monoisotopic (exact) mass is 538 g/mol. The minimum atomic E-state index is -0.419. The fourth-order valence-electron chi connectivity index (χ4n) is 4.59. The molecule has 1 unspecified atom stereocenters. The molecule has 1 N–H and O–H groups in total. The summed E-state index contributed by atoms with van der Waals surface area (Å²) in [5, 5.41) is 5.67. The number of nitrogens with one attached hydrogen (secondary N) is 1. The smallest absolute Gasteiger partial charge is 0.350 e. The molecule has 0 saturated carbocycles. The summed E-state index contributed by atoms with van der Waals surface area (Å²) in [7, 11) is 1.36. The van der Waals surface area contributed by atoms with E-state index in [1.165, 1.54) is 24.9 Å². The Morgan fingerprint density at radius 3 is 2.58 bits per heavy atom. The zero-order valence-corrected chi connectivity index (χ0v) is 22.9. The second-order valence-corrected chi connectivity index (χ2v) is 9.36. The minimum Gasteiger partial charge on any atom is -0.465 e. The summed E-state index contributed by atoms with van der Waals surface area (Å²) in [6.07, 6.45) is 4.14. The number of likely N-dealkylation sites (tertiary alicyclic amines) is 1. The number of ether oxygens (including phenoxy) is 1. The second-order valence-electron chi connectivity index (χ2n) is 8.04. The van der Waals surface area contributed by atoms with Crippen LogP contribution in [0, 0.1) is 6.92 Å². The number of halogens is 1. The maximum absolute atomic E-state index is 13.5. The Morgan fingerprint density at radius 1 is 1.26 bits per heavy atom. The fourth-order valence-corrected chi connectivity index (χ4v) is 5.73. The number of hydrogen-bond donors (Lipinski definition) is 1. The fraction of sp³-hybridized carbons (Fsp3) is 0.478. The zero-order chi connectivity index (χ0) is 21.7. The van der Waals surface area contributed by atoms with Crippen LogP contribution in [-0.4, -0.2) is 42.6 Å². The number of hydrogen-bond acceptors (Lipinski definition) is 4. The number of piperidine rings is 1. The molecular weight excluding hydrogens is 509 g/mol. The van der Waals surface area contributed by atoms with E-state index < -0.39 is 5.97 Å². The molecule has 5 nitrogen and oxygen atoms in total. The molecule has 31 heavy (non-hydrogen) atoms. The van der Waals surface area contributed by atoms with E-state index in [2.05, 4.69) is 18.3 Å². The molecule has 2 heterocycles. The number of quaternary nitrogens is 1. The Balaban J connectivity index is 0.00000341. The van der Waals surface area contributed by atoms with Gasteiger partial charge in [0.2, 0.25) is 0 Å². The normalized spacial score (nSPS) is 16.1. The third-order valence-electron chi connectivity index (χ3n) is 6.04. The molecule has 0 bridgehead atoms. The topological polar surface area (TPSA) is 55.4 Å². The molecule has 0 aliphatic carbocycles. The average molecular weight is 539 g/mol. The van der Waals surface area contributed by atoms with Gasteiger partial charge in [0, 0.05) is 49.7 Å². The van der Waals surface area contributed by atoms with Crippen molar-refractivity contribution in [3.63, 3.8) is 0 Å². The maximum atomic E-state index is 13.5. The molecule has 1 atom stereocenters. The molecular formula is C23H30ClN2O3SY+. The summed E-state index contributed by atoms with van der Waals surface area (Å²) in [4.78, 5) is 26.1. The predicted molar refractivity (Wildman–Crippen MR) is 122 cm³/mol. The van der Waals surface area contributed by atoms with Gasteiger partial charge in [0.25, 0.3) is 5.91 Å². The van der Waals surface area contributed by atoms with Crippen LogP contribution in [0.2, 0.25) is 5.02 Å². The molecule has 1 radical (unpaired) electrons. The van der Waals surface area contributed by atoms with Crippen LogP contribution in [0.5, 0.6) is 0 Å². The predicted octanol–water partition coefficient (Wildman–Crippen LogP) is 5.41. The SMILES string of the molecule is CCC(C(=O)Nc1c(C)csc1C(=O)OC)[N+]1(Cc2cccc(Cl)c2)CCCCC1.[Y]. The standard InChI is InChI=1S/C23H29ClN2O3S.Y/c1-4-19(22(27)25-20-16(2)15-30-21(20)23(28)29-3)26(11-6-5-7-12-26)14-17-9-8-10-18(24)13-17;/h8-10,13,15,19H,4-7,11-12,14H2,1-3H3;/p+1. The molecule has 1 aromatic heterocycles. The molecule has 1 aliphatic rings. The van der Waals surface area contributed by atoms with E-state index in [0.29, 0.717) is 10.6 Å². The number of rotatable bonds is 7. The van der Waals surface area contributed by atoms with Crippen LogP contribution >= 0.6 is 22.9 Å². The van der Waals surface area contributed by atoms with Crippen LogP contribution < -0.4 is 5.32 Å². The first-order valence-corrected chi connectivity index (χ1v) is 11.7. The van der Waals surface area contributed by atoms with E-state index in [0.717, 1.165) is 59.5 Å². The van der Waals surface area contributed by atoms with Crippen molar-refractivity contribution in [2.75, 3.05) is 25.5 Å². The molecule has 0 spiro atoms. The van der Waals surface area contributed by atoms with Gasteiger partial charge in [-0.1, -0.05) is 30.7 Å². The van der Waals surface area contributed by atoms with Gasteiger partial charge in [-0.2, -0.15) is 0 Å². The van der Waals surface area contributed by atoms with E-state index >= 15 is 0 Å². The summed E-state index contributed by atoms with van der Waals surface area (Å²) in [5.74, 6) is -0.453. The average Bonchev–Trinajstić information content (AvgIpc) is 3.09. The number of esters is 1. The van der Waals surface area contributed by atoms with Crippen LogP contribution in [0.1, 0.15) is 53.4 Å². The van der Waals surface area contributed by atoms with E-state index in [-0.39, 0.29) is 44.7 Å². The molecule has 1 aromatic carbocycles. The van der Waals surface area contributed by atoms with Crippen LogP contribution in [0.15, 0.2) is 29.6 Å². The Hall–Kier alpha value is -0.786. The van der Waals surface area contributed by atoms with Crippen LogP contribution in [0.4, 0.5) is 5.69 Å². The molecule has 1 fully saturated rings. The number of amides is 1. The summed E-state index contributed by atoms with van der Waals surface area (Å²) in [5.41, 5.74) is 2.61. The van der Waals surface area contributed by atoms with E-state index in [1.54, 1.807) is 0 Å². The largest absolute Gasteiger partial charge is 0.465 e. The van der Waals surface area contributed by atoms with Gasteiger partial charge in [-0.25, -0.2) is 4.79 Å². The third-order valence-corrected chi connectivity index (χ3v) is 7.35. The number of aryl methyl sites for hydroxylation is 1. The van der Waals surface area contributed by atoms with Crippen molar-refractivity contribution in [3.05, 3.63) is 50.7 Å². The molecule has 1 aliphatic heterocycles. The maximum Gasteiger partial charge on any atom is 0.350 e. The van der Waals surface area contributed by atoms with Crippen LogP contribution in [0.25, 0.3) is 0 Å². The molecule has 2 aromatic rings. The van der Waals surface area contributed by atoms with Crippen LogP contribution in [0.3, 0.4) is 0 Å². The molecule has 8 heteroatoms. The van der Waals surface area contributed by atoms with E-state index in [9.17, 15) is 9.59 Å². The van der Waals surface area contributed by atoms with Gasteiger partial charge in [-0.05, 0) is 49.3 Å². The van der Waals surface area contributed by atoms with Gasteiger partial charge in [-0.3, -0.25) is 4.79 Å². The van der Waals surface area contributed by atoms with Crippen molar-refractivity contribution < 1.29 is 51.5 Å². The Morgan fingerprint density at radius 2 is 1.97 bits per heavy atom. The Kier molecular flexibility index (Phi) is 10.2. The summed E-state index contributed by atoms with van der Waals surface area (Å²) < 4.78 is 5.61. The molecule has 165 valence electrons. The first-order valence-electron chi connectivity index (χ1n) is 10.5. The number of benzene rings is 1. The Bertz CT molecular complexity index is 912. The van der Waals surface area contributed by atoms with Crippen molar-refractivity contribution in [2.45, 2.75) is 52.1 Å². The van der Waals surface area contributed by atoms with Crippen molar-refractivity contribution in [1.82, 2.24) is 0 Å². The Labute approximate surface area is 219 Å². The van der Waals surface area contributed by atoms with E-state index in [4.69, 9.17) is 16.3 Å². The minimum absolute atomic E-state index is 0. The van der Waals surface area contributed by atoms with Crippen molar-refractivity contribution >= 4 is 40.5 Å². The molecule has 3 rings (SSSR count). The van der Waals surface area contributed by atoms with Crippen LogP contribution in [-0.2, 0) is 48.8 Å². The first kappa shape index (κ1) is 26.5. The van der Waals surface area contributed by atoms with Crippen molar-refractivity contribution in [1.29, 1.82) is 0 Å². The van der Waals surface area contributed by atoms with Crippen molar-refractivity contribution in [2.24, 2.45) is 0 Å². The summed E-state index contributed by atoms with van der Waals surface area (Å²) >= 11 is 7.53. The van der Waals surface area contributed by atoms with Gasteiger partial charge in [-0.15, -0.1) is 11.3 Å². The molecule has 1 amide bonds. The number of nitrogens with zero attached hydrogens (tertiary/aromatic N) is 1. The second kappa shape index (κ2) is 11.9. The number of methoxy groups -OCH3 is 1. The number of carbonyl (C=O) groups excluding carboxylic acids is 2. The van der Waals surface area contributed by atoms with Gasteiger partial charge in [0.05, 0.1) is 25.9 Å². The van der Waals surface area contributed by atoms with E-state index in [1.807, 2.05) is 30.5 Å². The van der Waals surface area contributed by atoms with Gasteiger partial charge in [0.15, 0.2) is 6.04 Å². The third kappa shape index (κ3) is 6.17. The number of carbonyl (C=O) groups is 2. The quantitative estimate of drug-likeness (QED) is 0.379. The first-order chi connectivity index (χ1) is 14.4. The van der Waals surface area contributed by atoms with Gasteiger partial charge < -0.3 is 14.5 Å². The number of anilines is 1. The number of thiophene rings is 1. The zero-order valence-electron chi connectivity index (χ0n) is 18.4. The van der Waals surface area contributed by atoms with Crippen molar-refractivity contribution in [3.8, 4) is 0 Å². The molecule has 1 saturated heterocycles. The summed E-state index contributed by atoms with van der Waals surface area (Å²) in [6.45, 7) is 6.67. The van der Waals surface area contributed by atoms with Gasteiger partial charge >= 0.3 is 5.97 Å². The summed E-state index contributed by atoms with van der Waals surface area (Å²) in [6, 6.07) is 7.73. The van der Waals surface area contributed by atoms with Gasteiger partial charge in [0.1, 0.15) is 11.4 Å².